The zero-order valence-electron chi connectivity index (χ0n) is 15.4. The van der Waals surface area contributed by atoms with Crippen molar-refractivity contribution in [3.8, 4) is 6.07 Å². The van der Waals surface area contributed by atoms with Crippen molar-refractivity contribution < 1.29 is 4.74 Å². The largest absolute Gasteiger partial charge is 0.422 e. The molecule has 0 saturated heterocycles. The lowest BCUT2D eigenvalue weighted by Crippen LogP contribution is -2.29. The van der Waals surface area contributed by atoms with Crippen molar-refractivity contribution in [1.82, 2.24) is 0 Å². The fourth-order valence-corrected chi connectivity index (χ4v) is 3.46. The highest BCUT2D eigenvalue weighted by Gasteiger charge is 2.35. The van der Waals surface area contributed by atoms with Crippen molar-refractivity contribution in [2.45, 2.75) is 26.2 Å². The zero-order valence-corrected chi connectivity index (χ0v) is 15.4. The van der Waals surface area contributed by atoms with Gasteiger partial charge < -0.3 is 16.2 Å². The molecule has 5 nitrogen and oxygen atoms in total. The molecule has 3 rings (SSSR count). The second-order valence-corrected chi connectivity index (χ2v) is 6.72. The van der Waals surface area contributed by atoms with Crippen LogP contribution < -0.4 is 11.5 Å². The summed E-state index contributed by atoms with van der Waals surface area (Å²) in [6.45, 7) is 4.00. The first-order valence-corrected chi connectivity index (χ1v) is 8.68. The standard InChI is InChI=1S/C22H22N4O/c1-13-8-9-16(14(2)10-13)19-17(12-23)21(25)27-22(26)20(19)18(24)11-15-6-4-3-5-7-15/h3-10,19,26H,11,24-25H2,1-2H3. The number of hydrogen-bond acceptors (Lipinski definition) is 5. The molecule has 1 aliphatic heterocycles. The van der Waals surface area contributed by atoms with Crippen LogP contribution in [0.15, 0.2) is 71.3 Å². The molecule has 0 amide bonds. The Bertz CT molecular complexity index is 997. The highest BCUT2D eigenvalue weighted by molar-refractivity contribution is 5.96. The maximum absolute atomic E-state index is 9.71. The predicted octanol–water partition coefficient (Wildman–Crippen LogP) is 3.54. The third kappa shape index (κ3) is 3.56. The van der Waals surface area contributed by atoms with Crippen molar-refractivity contribution in [1.29, 1.82) is 10.7 Å². The average molecular weight is 358 g/mol. The fraction of sp³-hybridized carbons (Fsp3) is 0.182. The van der Waals surface area contributed by atoms with Crippen LogP contribution in [-0.4, -0.2) is 5.90 Å². The molecule has 136 valence electrons. The van der Waals surface area contributed by atoms with E-state index in [1.54, 1.807) is 0 Å². The van der Waals surface area contributed by atoms with Gasteiger partial charge in [-0.15, -0.1) is 0 Å². The van der Waals surface area contributed by atoms with Crippen LogP contribution in [0.1, 0.15) is 28.2 Å². The molecule has 1 unspecified atom stereocenters. The van der Waals surface area contributed by atoms with Gasteiger partial charge in [-0.25, -0.2) is 0 Å². The second-order valence-electron chi connectivity index (χ2n) is 6.72. The molecule has 5 N–H and O–H groups in total. The molecule has 1 heterocycles. The fourth-order valence-electron chi connectivity index (χ4n) is 3.46. The maximum Gasteiger partial charge on any atom is 0.219 e. The van der Waals surface area contributed by atoms with E-state index in [9.17, 15) is 5.26 Å². The van der Waals surface area contributed by atoms with Crippen molar-refractivity contribution in [2.75, 3.05) is 0 Å². The summed E-state index contributed by atoms with van der Waals surface area (Å²) in [6.07, 6.45) is 0.460. The highest BCUT2D eigenvalue weighted by atomic mass is 16.5. The van der Waals surface area contributed by atoms with Gasteiger partial charge in [0.2, 0.25) is 11.8 Å². The summed E-state index contributed by atoms with van der Waals surface area (Å²) in [5.41, 5.74) is 17.7. The Labute approximate surface area is 159 Å². The lowest BCUT2D eigenvalue weighted by Gasteiger charge is -2.29. The Hall–Kier alpha value is -3.52. The predicted molar refractivity (Wildman–Crippen MR) is 106 cm³/mol. The number of ether oxygens (including phenoxy) is 1. The molecule has 0 bridgehead atoms. The van der Waals surface area contributed by atoms with E-state index in [0.29, 0.717) is 17.7 Å². The minimum Gasteiger partial charge on any atom is -0.422 e. The Kier molecular flexibility index (Phi) is 5.00. The van der Waals surface area contributed by atoms with Crippen LogP contribution in [0.3, 0.4) is 0 Å². The number of rotatable bonds is 3. The third-order valence-corrected chi connectivity index (χ3v) is 4.74. The summed E-state index contributed by atoms with van der Waals surface area (Å²) in [5.74, 6) is -0.658. The molecule has 2 aromatic rings. The van der Waals surface area contributed by atoms with E-state index in [2.05, 4.69) is 6.07 Å². The molecular weight excluding hydrogens is 336 g/mol. The van der Waals surface area contributed by atoms with E-state index in [1.165, 1.54) is 0 Å². The second kappa shape index (κ2) is 7.38. The van der Waals surface area contributed by atoms with Gasteiger partial charge in [0.15, 0.2) is 0 Å². The van der Waals surface area contributed by atoms with Crippen LogP contribution in [0.2, 0.25) is 0 Å². The van der Waals surface area contributed by atoms with Gasteiger partial charge in [-0.2, -0.15) is 5.26 Å². The summed E-state index contributed by atoms with van der Waals surface area (Å²) in [4.78, 5) is 0. The van der Waals surface area contributed by atoms with E-state index in [-0.39, 0.29) is 17.4 Å². The van der Waals surface area contributed by atoms with Gasteiger partial charge in [-0.3, -0.25) is 5.41 Å². The summed E-state index contributed by atoms with van der Waals surface area (Å²) < 4.78 is 5.36. The Morgan fingerprint density at radius 2 is 1.89 bits per heavy atom. The minimum atomic E-state index is -0.513. The number of benzene rings is 2. The average Bonchev–Trinajstić information content (AvgIpc) is 2.62. The van der Waals surface area contributed by atoms with Gasteiger partial charge in [-0.05, 0) is 30.5 Å². The van der Waals surface area contributed by atoms with Crippen molar-refractivity contribution >= 4 is 5.90 Å². The molecule has 1 atom stereocenters. The first-order chi connectivity index (χ1) is 12.9. The van der Waals surface area contributed by atoms with Gasteiger partial charge in [0.05, 0.1) is 5.92 Å². The van der Waals surface area contributed by atoms with Crippen LogP contribution in [0.5, 0.6) is 0 Å². The van der Waals surface area contributed by atoms with Gasteiger partial charge in [0.1, 0.15) is 11.6 Å². The monoisotopic (exact) mass is 358 g/mol. The Morgan fingerprint density at radius 1 is 1.19 bits per heavy atom. The minimum absolute atomic E-state index is 0.0382. The first kappa shape index (κ1) is 18.3. The van der Waals surface area contributed by atoms with E-state index in [0.717, 1.165) is 22.3 Å². The van der Waals surface area contributed by atoms with Gasteiger partial charge in [-0.1, -0.05) is 54.1 Å². The summed E-state index contributed by atoms with van der Waals surface area (Å²) in [5, 5.41) is 18.1. The highest BCUT2D eigenvalue weighted by Crippen LogP contribution is 2.40. The zero-order chi connectivity index (χ0) is 19.6. The first-order valence-electron chi connectivity index (χ1n) is 8.68. The quantitative estimate of drug-likeness (QED) is 0.779. The van der Waals surface area contributed by atoms with E-state index < -0.39 is 5.92 Å². The number of nitrogens with zero attached hydrogens (tertiary/aromatic N) is 1. The number of aryl methyl sites for hydroxylation is 2. The number of nitrogens with one attached hydrogen (secondary N) is 1. The van der Waals surface area contributed by atoms with Crippen LogP contribution in [0.4, 0.5) is 0 Å². The summed E-state index contributed by atoms with van der Waals surface area (Å²) in [6, 6.07) is 17.9. The van der Waals surface area contributed by atoms with Crippen molar-refractivity contribution in [3.63, 3.8) is 0 Å². The third-order valence-electron chi connectivity index (χ3n) is 4.74. The topological polar surface area (TPSA) is 109 Å². The van der Waals surface area contributed by atoms with Crippen LogP contribution in [0.25, 0.3) is 0 Å². The van der Waals surface area contributed by atoms with Gasteiger partial charge in [0, 0.05) is 17.7 Å². The summed E-state index contributed by atoms with van der Waals surface area (Å²) >= 11 is 0. The molecule has 2 aromatic carbocycles. The van der Waals surface area contributed by atoms with Crippen LogP contribution in [-0.2, 0) is 11.2 Å². The molecule has 5 heteroatoms. The smallest absolute Gasteiger partial charge is 0.219 e. The number of hydrogen-bond donors (Lipinski definition) is 3. The Balaban J connectivity index is 2.19. The van der Waals surface area contributed by atoms with Crippen molar-refractivity contribution in [3.05, 3.63) is 93.5 Å². The van der Waals surface area contributed by atoms with Crippen molar-refractivity contribution in [2.24, 2.45) is 11.5 Å². The normalized spacial score (nSPS) is 18.7. The number of nitrogens with two attached hydrogens (primary N) is 2. The van der Waals surface area contributed by atoms with Gasteiger partial charge >= 0.3 is 0 Å². The van der Waals surface area contributed by atoms with E-state index in [4.69, 9.17) is 21.6 Å². The molecule has 1 aliphatic rings. The number of allylic oxidation sites excluding steroid dienone is 2. The van der Waals surface area contributed by atoms with Crippen LogP contribution in [0, 0.1) is 30.6 Å². The molecular formula is C22H22N4O. The lowest BCUT2D eigenvalue weighted by molar-refractivity contribution is 0.383. The molecule has 27 heavy (non-hydrogen) atoms. The molecule has 0 fully saturated rings. The van der Waals surface area contributed by atoms with E-state index >= 15 is 0 Å². The number of nitriles is 1. The summed E-state index contributed by atoms with van der Waals surface area (Å²) in [7, 11) is 0. The lowest BCUT2D eigenvalue weighted by atomic mass is 9.79. The van der Waals surface area contributed by atoms with E-state index in [1.807, 2.05) is 62.4 Å². The molecule has 0 spiro atoms. The SMILES string of the molecule is Cc1ccc(C2C(C#N)=C(N)OC(=N)C2=C(N)Cc2ccccc2)c(C)c1. The molecule has 0 saturated carbocycles. The Morgan fingerprint density at radius 3 is 2.52 bits per heavy atom. The molecule has 0 aromatic heterocycles. The van der Waals surface area contributed by atoms with Gasteiger partial charge in [0.25, 0.3) is 0 Å². The maximum atomic E-state index is 9.71. The van der Waals surface area contributed by atoms with Crippen LogP contribution >= 0.6 is 0 Å². The molecule has 0 radical (unpaired) electrons. The molecule has 0 aliphatic carbocycles.